The van der Waals surface area contributed by atoms with E-state index in [2.05, 4.69) is 0 Å². The van der Waals surface area contributed by atoms with Crippen molar-refractivity contribution in [2.45, 2.75) is 56.5 Å². The number of carbonyl (C=O) groups excluding carboxylic acids is 4. The largest absolute Gasteiger partial charge is 0.507 e. The van der Waals surface area contributed by atoms with Crippen LogP contribution in [-0.2, 0) is 28.7 Å². The van der Waals surface area contributed by atoms with Crippen LogP contribution in [0.3, 0.4) is 0 Å². The van der Waals surface area contributed by atoms with Gasteiger partial charge in [-0.1, -0.05) is 6.92 Å². The van der Waals surface area contributed by atoms with E-state index in [1.807, 2.05) is 0 Å². The van der Waals surface area contributed by atoms with Gasteiger partial charge in [-0.25, -0.2) is 9.59 Å². The molecule has 2 fully saturated rings. The van der Waals surface area contributed by atoms with Crippen molar-refractivity contribution < 1.29 is 68.8 Å². The van der Waals surface area contributed by atoms with Crippen molar-refractivity contribution in [3.05, 3.63) is 46.0 Å². The van der Waals surface area contributed by atoms with Gasteiger partial charge in [-0.3, -0.25) is 9.59 Å². The summed E-state index contributed by atoms with van der Waals surface area (Å²) >= 11 is 0. The summed E-state index contributed by atoms with van der Waals surface area (Å²) in [6.45, 7) is 3.01. The van der Waals surface area contributed by atoms with Crippen molar-refractivity contribution in [3.8, 4) is 34.1 Å². The van der Waals surface area contributed by atoms with Crippen LogP contribution in [0.4, 0.5) is 0 Å². The number of carbonyl (C=O) groups is 4. The van der Waals surface area contributed by atoms with E-state index in [4.69, 9.17) is 18.9 Å². The highest BCUT2D eigenvalue weighted by Gasteiger charge is 2.64. The maximum absolute atomic E-state index is 13.3. The van der Waals surface area contributed by atoms with Crippen LogP contribution in [-0.4, -0.2) is 91.8 Å². The van der Waals surface area contributed by atoms with Crippen LogP contribution in [0.5, 0.6) is 23.0 Å². The molecule has 5 atom stereocenters. The van der Waals surface area contributed by atoms with Crippen LogP contribution in [0, 0.1) is 12.8 Å². The topological polar surface area (TPSA) is 227 Å². The Kier molecular flexibility index (Phi) is 6.87. The fourth-order valence-electron chi connectivity index (χ4n) is 7.03. The number of phenols is 2. The number of aliphatic hydroxyl groups is 4. The molecule has 2 aliphatic carbocycles. The van der Waals surface area contributed by atoms with Crippen molar-refractivity contribution >= 4 is 35.0 Å². The van der Waals surface area contributed by atoms with E-state index in [1.165, 1.54) is 32.0 Å². The standard InChI is InChI=1S/C32H30O14/c1-11-9-15(34)20-25(38)22-14(33)6-8-18(36)31(22,29(41)43-3)46-27(20)19(11)13-5-7-17-21(24(13)37)26(39)23-16(35)10-12(2)28(40)32(23,45-17)30(42)44-4/h5,7,9,12,18,28,34,36-40H,6,8,10H2,1-4H3/t12-,18+,28-,31-,32+/m0/s1. The molecule has 14 heteroatoms. The molecule has 0 radical (unpaired) electrons. The number of aliphatic hydroxyl groups excluding tert-OH is 4. The average Bonchev–Trinajstić information content (AvgIpc) is 3.01. The van der Waals surface area contributed by atoms with Crippen LogP contribution < -0.4 is 9.47 Å². The van der Waals surface area contributed by atoms with Crippen LogP contribution >= 0.6 is 0 Å². The number of esters is 2. The second-order valence-corrected chi connectivity index (χ2v) is 11.8. The third kappa shape index (κ3) is 3.70. The van der Waals surface area contributed by atoms with Gasteiger partial charge in [0.25, 0.3) is 11.2 Å². The molecule has 6 rings (SSSR count). The number of methoxy groups -OCH3 is 2. The van der Waals surface area contributed by atoms with Gasteiger partial charge in [0.05, 0.1) is 25.4 Å². The summed E-state index contributed by atoms with van der Waals surface area (Å²) in [5.41, 5.74) is -7.05. The highest BCUT2D eigenvalue weighted by molar-refractivity contribution is 6.14. The third-order valence-corrected chi connectivity index (χ3v) is 9.20. The van der Waals surface area contributed by atoms with Crippen LogP contribution in [0.15, 0.2) is 29.3 Å². The predicted octanol–water partition coefficient (Wildman–Crippen LogP) is 1.91. The first-order valence-corrected chi connectivity index (χ1v) is 14.3. The van der Waals surface area contributed by atoms with Gasteiger partial charge in [0.1, 0.15) is 57.9 Å². The number of aryl methyl sites for hydroxylation is 1. The zero-order valence-corrected chi connectivity index (χ0v) is 25.0. The first-order chi connectivity index (χ1) is 21.7. The van der Waals surface area contributed by atoms with Crippen molar-refractivity contribution in [2.24, 2.45) is 5.92 Å². The Hall–Kier alpha value is -5.08. The number of ether oxygens (including phenoxy) is 4. The molecule has 2 saturated carbocycles. The maximum atomic E-state index is 13.3. The lowest BCUT2D eigenvalue weighted by atomic mass is 9.69. The quantitative estimate of drug-likeness (QED) is 0.264. The molecule has 0 aromatic heterocycles. The number of rotatable bonds is 3. The molecule has 0 saturated heterocycles. The van der Waals surface area contributed by atoms with E-state index in [0.29, 0.717) is 0 Å². The molecule has 14 nitrogen and oxygen atoms in total. The Morgan fingerprint density at radius 2 is 1.48 bits per heavy atom. The lowest BCUT2D eigenvalue weighted by molar-refractivity contribution is -0.173. The second-order valence-electron chi connectivity index (χ2n) is 11.8. The van der Waals surface area contributed by atoms with Gasteiger partial charge in [0.15, 0.2) is 11.6 Å². The van der Waals surface area contributed by atoms with Gasteiger partial charge < -0.3 is 49.6 Å². The summed E-state index contributed by atoms with van der Waals surface area (Å²) in [5.74, 6) is -8.31. The van der Waals surface area contributed by atoms with E-state index >= 15 is 0 Å². The van der Waals surface area contributed by atoms with Gasteiger partial charge in [0, 0.05) is 24.0 Å². The van der Waals surface area contributed by atoms with Crippen LogP contribution in [0.25, 0.3) is 22.6 Å². The van der Waals surface area contributed by atoms with Crippen molar-refractivity contribution in [2.75, 3.05) is 14.2 Å². The molecule has 2 aliphatic heterocycles. The normalized spacial score (nSPS) is 28.3. The third-order valence-electron chi connectivity index (χ3n) is 9.20. The molecule has 2 heterocycles. The fraction of sp³-hybridized carbons (Fsp3) is 0.375. The molecule has 4 aliphatic rings. The first-order valence-electron chi connectivity index (χ1n) is 14.3. The van der Waals surface area contributed by atoms with E-state index in [-0.39, 0.29) is 41.7 Å². The number of Topliss-reactive ketones (excluding diaryl/α,β-unsaturated/α-hetero) is 2. The van der Waals surface area contributed by atoms with E-state index in [0.717, 1.165) is 14.2 Å². The smallest absolute Gasteiger partial charge is 0.358 e. The van der Waals surface area contributed by atoms with Crippen LogP contribution in [0.1, 0.15) is 42.9 Å². The number of benzene rings is 2. The van der Waals surface area contributed by atoms with Gasteiger partial charge in [-0.05, 0) is 43.0 Å². The van der Waals surface area contributed by atoms with Gasteiger partial charge in [-0.15, -0.1) is 0 Å². The second kappa shape index (κ2) is 10.2. The average molecular weight is 639 g/mol. The Bertz CT molecular complexity index is 1840. The van der Waals surface area contributed by atoms with Gasteiger partial charge in [0.2, 0.25) is 0 Å². The van der Waals surface area contributed by atoms with E-state index in [1.54, 1.807) is 0 Å². The molecule has 0 amide bonds. The Balaban J connectivity index is 1.64. The summed E-state index contributed by atoms with van der Waals surface area (Å²) in [4.78, 5) is 52.6. The summed E-state index contributed by atoms with van der Waals surface area (Å²) in [6, 6.07) is 3.70. The first kappa shape index (κ1) is 30.9. The number of hydrogen-bond donors (Lipinski definition) is 6. The zero-order valence-electron chi connectivity index (χ0n) is 25.0. The SMILES string of the molecule is COC(=O)[C@@]12Oc3c(c(O)cc(C)c3-c3ccc4c(c3O)C(O)=C3C(=O)C[C@H](C)[C@H](O)[C@]3(C(=O)OC)O4)C(O)=C1C(=O)CC[C@H]2O. The van der Waals surface area contributed by atoms with Crippen LogP contribution in [0.2, 0.25) is 0 Å². The van der Waals surface area contributed by atoms with Crippen molar-refractivity contribution in [3.63, 3.8) is 0 Å². The van der Waals surface area contributed by atoms with Gasteiger partial charge >= 0.3 is 11.9 Å². The minimum atomic E-state index is -2.53. The van der Waals surface area contributed by atoms with Gasteiger partial charge in [-0.2, -0.15) is 0 Å². The Morgan fingerprint density at radius 1 is 0.870 bits per heavy atom. The summed E-state index contributed by atoms with van der Waals surface area (Å²) in [5, 5.41) is 67.6. The lowest BCUT2D eigenvalue weighted by Gasteiger charge is -2.45. The Morgan fingerprint density at radius 3 is 2.13 bits per heavy atom. The number of aromatic hydroxyl groups is 2. The molecular weight excluding hydrogens is 608 g/mol. The summed E-state index contributed by atoms with van der Waals surface area (Å²) < 4.78 is 21.8. The lowest BCUT2D eigenvalue weighted by Crippen LogP contribution is -2.64. The highest BCUT2D eigenvalue weighted by Crippen LogP contribution is 2.57. The molecule has 0 unspecified atom stereocenters. The Labute approximate surface area is 260 Å². The molecule has 242 valence electrons. The zero-order chi connectivity index (χ0) is 33.6. The maximum Gasteiger partial charge on any atom is 0.358 e. The number of hydrogen-bond acceptors (Lipinski definition) is 14. The molecule has 6 N–H and O–H groups in total. The fourth-order valence-corrected chi connectivity index (χ4v) is 7.03. The monoisotopic (exact) mass is 638 g/mol. The molecule has 2 aromatic rings. The summed E-state index contributed by atoms with van der Waals surface area (Å²) in [6.07, 6.45) is -4.02. The molecule has 0 bridgehead atoms. The minimum Gasteiger partial charge on any atom is -0.507 e. The molecule has 46 heavy (non-hydrogen) atoms. The molecular formula is C32H30O14. The van der Waals surface area contributed by atoms with Crippen molar-refractivity contribution in [1.82, 2.24) is 0 Å². The number of ketones is 2. The predicted molar refractivity (Wildman–Crippen MR) is 155 cm³/mol. The van der Waals surface area contributed by atoms with E-state index < -0.39 is 104 Å². The van der Waals surface area contributed by atoms with Crippen molar-refractivity contribution in [1.29, 1.82) is 0 Å². The summed E-state index contributed by atoms with van der Waals surface area (Å²) in [7, 11) is 2.01. The highest BCUT2D eigenvalue weighted by atomic mass is 16.6. The van der Waals surface area contributed by atoms with E-state index in [9.17, 15) is 49.8 Å². The molecule has 2 aromatic carbocycles. The number of fused-ring (bicyclic) bond motifs is 4. The molecule has 0 spiro atoms. The number of phenolic OH excluding ortho intramolecular Hbond substituents is 2. The minimum absolute atomic E-state index is 0.0570.